The minimum Gasteiger partial charge on any atom is -0.342 e. The molecular weight excluding hydrogens is 345 g/mol. The third-order valence-corrected chi connectivity index (χ3v) is 5.61. The van der Waals surface area contributed by atoms with E-state index in [2.05, 4.69) is 0 Å². The number of alkyl halides is 3. The zero-order valence-corrected chi connectivity index (χ0v) is 14.6. The predicted molar refractivity (Wildman–Crippen MR) is 82.0 cm³/mol. The van der Waals surface area contributed by atoms with Crippen molar-refractivity contribution in [1.82, 2.24) is 9.47 Å². The summed E-state index contributed by atoms with van der Waals surface area (Å²) in [6.45, 7) is 6.21. The first-order chi connectivity index (χ1) is 10.9. The number of rotatable bonds is 2. The fourth-order valence-corrected chi connectivity index (χ4v) is 3.83. The van der Waals surface area contributed by atoms with E-state index in [-0.39, 0.29) is 11.9 Å². The number of piperidine rings is 1. The van der Waals surface area contributed by atoms with Crippen LogP contribution in [0.5, 0.6) is 0 Å². The molecule has 1 amide bonds. The van der Waals surface area contributed by atoms with Crippen molar-refractivity contribution >= 4 is 15.7 Å². The first-order valence-corrected chi connectivity index (χ1v) is 9.11. The molecule has 1 saturated heterocycles. The molecule has 136 valence electrons. The molecule has 0 N–H and O–H groups in total. The zero-order valence-electron chi connectivity index (χ0n) is 13.8. The molecule has 0 bridgehead atoms. The Bertz CT molecular complexity index is 709. The van der Waals surface area contributed by atoms with Gasteiger partial charge < -0.3 is 9.47 Å². The molecule has 9 heteroatoms. The normalized spacial score (nSPS) is 18.0. The number of carbonyl (C=O) groups excluding carboxylic acids is 1. The Hall–Kier alpha value is -1.51. The van der Waals surface area contributed by atoms with Crippen molar-refractivity contribution in [3.8, 4) is 0 Å². The van der Waals surface area contributed by atoms with Crippen molar-refractivity contribution in [1.29, 1.82) is 0 Å². The highest BCUT2D eigenvalue weighted by Crippen LogP contribution is 2.34. The first-order valence-electron chi connectivity index (χ1n) is 7.63. The van der Waals surface area contributed by atoms with Gasteiger partial charge in [0.1, 0.15) is 5.03 Å². The molecular formula is C15H21F3N2O3S. The number of amides is 1. The first kappa shape index (κ1) is 18.8. The van der Waals surface area contributed by atoms with Crippen LogP contribution in [0.4, 0.5) is 13.2 Å². The summed E-state index contributed by atoms with van der Waals surface area (Å²) < 4.78 is 62.9. The van der Waals surface area contributed by atoms with Gasteiger partial charge in [-0.25, -0.2) is 8.42 Å². The SMILES string of the molecule is CC(C)(C)C(=O)N1CCC(n2cccc2S(=O)(=O)C(F)(F)F)CC1. The minimum absolute atomic E-state index is 0.0170. The molecule has 0 saturated carbocycles. The smallest absolute Gasteiger partial charge is 0.342 e. The van der Waals surface area contributed by atoms with Crippen LogP contribution in [0.25, 0.3) is 0 Å². The van der Waals surface area contributed by atoms with Gasteiger partial charge in [-0.3, -0.25) is 4.79 Å². The third kappa shape index (κ3) is 3.45. The van der Waals surface area contributed by atoms with Crippen LogP contribution in [-0.4, -0.2) is 42.4 Å². The maximum Gasteiger partial charge on any atom is 0.503 e. The minimum atomic E-state index is -5.38. The lowest BCUT2D eigenvalue weighted by Gasteiger charge is -2.36. The Morgan fingerprint density at radius 3 is 2.17 bits per heavy atom. The molecule has 1 aliphatic heterocycles. The number of nitrogens with zero attached hydrogens (tertiary/aromatic N) is 2. The highest BCUT2D eigenvalue weighted by Gasteiger charge is 2.49. The summed E-state index contributed by atoms with van der Waals surface area (Å²) in [7, 11) is -5.38. The summed E-state index contributed by atoms with van der Waals surface area (Å²) in [5.41, 5.74) is -5.85. The highest BCUT2D eigenvalue weighted by molar-refractivity contribution is 7.92. The van der Waals surface area contributed by atoms with Crippen molar-refractivity contribution in [2.45, 2.75) is 50.2 Å². The lowest BCUT2D eigenvalue weighted by molar-refractivity contribution is -0.140. The second-order valence-electron chi connectivity index (χ2n) is 6.98. The van der Waals surface area contributed by atoms with Gasteiger partial charge in [-0.1, -0.05) is 20.8 Å². The van der Waals surface area contributed by atoms with E-state index < -0.39 is 25.8 Å². The Kier molecular flexibility index (Phi) is 4.78. The second kappa shape index (κ2) is 6.09. The molecule has 2 rings (SSSR count). The van der Waals surface area contributed by atoms with Gasteiger partial charge in [-0.15, -0.1) is 0 Å². The van der Waals surface area contributed by atoms with Crippen molar-refractivity contribution in [3.05, 3.63) is 18.3 Å². The number of halogens is 3. The number of hydrogen-bond acceptors (Lipinski definition) is 3. The fraction of sp³-hybridized carbons (Fsp3) is 0.667. The van der Waals surface area contributed by atoms with Gasteiger partial charge in [0.15, 0.2) is 0 Å². The van der Waals surface area contributed by atoms with Crippen molar-refractivity contribution in [3.63, 3.8) is 0 Å². The van der Waals surface area contributed by atoms with Gasteiger partial charge in [-0.05, 0) is 25.0 Å². The Labute approximate surface area is 139 Å². The van der Waals surface area contributed by atoms with Crippen molar-refractivity contribution in [2.75, 3.05) is 13.1 Å². The van der Waals surface area contributed by atoms with Gasteiger partial charge in [0.05, 0.1) is 0 Å². The van der Waals surface area contributed by atoms with Crippen LogP contribution < -0.4 is 0 Å². The summed E-state index contributed by atoms with van der Waals surface area (Å²) in [5, 5.41) is -0.740. The number of likely N-dealkylation sites (tertiary alicyclic amines) is 1. The molecule has 1 aliphatic rings. The fourth-order valence-electron chi connectivity index (χ4n) is 2.85. The van der Waals surface area contributed by atoms with Gasteiger partial charge in [0, 0.05) is 30.7 Å². The van der Waals surface area contributed by atoms with E-state index in [4.69, 9.17) is 0 Å². The molecule has 1 fully saturated rings. The molecule has 2 heterocycles. The van der Waals surface area contributed by atoms with E-state index in [1.807, 2.05) is 0 Å². The van der Waals surface area contributed by atoms with E-state index >= 15 is 0 Å². The summed E-state index contributed by atoms with van der Waals surface area (Å²) in [5.74, 6) is -0.0170. The van der Waals surface area contributed by atoms with Crippen LogP contribution in [0.3, 0.4) is 0 Å². The molecule has 5 nitrogen and oxygen atoms in total. The van der Waals surface area contributed by atoms with E-state index in [1.54, 1.807) is 25.7 Å². The monoisotopic (exact) mass is 366 g/mol. The van der Waals surface area contributed by atoms with Crippen LogP contribution in [-0.2, 0) is 14.6 Å². The van der Waals surface area contributed by atoms with Crippen LogP contribution >= 0.6 is 0 Å². The molecule has 1 aromatic heterocycles. The number of hydrogen-bond donors (Lipinski definition) is 0. The Morgan fingerprint density at radius 1 is 1.17 bits per heavy atom. The maximum atomic E-state index is 12.8. The molecule has 1 aromatic rings. The molecule has 0 atom stereocenters. The van der Waals surface area contributed by atoms with Crippen LogP contribution in [0.2, 0.25) is 0 Å². The molecule has 0 aromatic carbocycles. The van der Waals surface area contributed by atoms with Gasteiger partial charge in [0.2, 0.25) is 5.91 Å². The average molecular weight is 366 g/mol. The maximum absolute atomic E-state index is 12.8. The lowest BCUT2D eigenvalue weighted by Crippen LogP contribution is -2.44. The average Bonchev–Trinajstić information content (AvgIpc) is 2.94. The van der Waals surface area contributed by atoms with E-state index in [1.165, 1.54) is 16.8 Å². The molecule has 24 heavy (non-hydrogen) atoms. The number of sulfone groups is 1. The van der Waals surface area contributed by atoms with Gasteiger partial charge in [-0.2, -0.15) is 13.2 Å². The van der Waals surface area contributed by atoms with Crippen molar-refractivity contribution in [2.24, 2.45) is 5.41 Å². The molecule has 0 radical (unpaired) electrons. The standard InChI is InChI=1S/C15H21F3N2O3S/c1-14(2,3)13(21)19-9-6-11(7-10-19)20-8-4-5-12(20)24(22,23)15(16,17)18/h4-5,8,11H,6-7,9-10H2,1-3H3. The molecule has 0 aliphatic carbocycles. The summed E-state index contributed by atoms with van der Waals surface area (Å²) >= 11 is 0. The van der Waals surface area contributed by atoms with Crippen LogP contribution in [0, 0.1) is 5.41 Å². The van der Waals surface area contributed by atoms with E-state index in [9.17, 15) is 26.4 Å². The predicted octanol–water partition coefficient (Wildman–Crippen LogP) is 2.99. The quantitative estimate of drug-likeness (QED) is 0.808. The summed E-state index contributed by atoms with van der Waals surface area (Å²) in [4.78, 5) is 13.9. The van der Waals surface area contributed by atoms with E-state index in [0.29, 0.717) is 25.9 Å². The molecule has 0 unspecified atom stereocenters. The largest absolute Gasteiger partial charge is 0.503 e. The van der Waals surface area contributed by atoms with Crippen LogP contribution in [0.1, 0.15) is 39.7 Å². The highest BCUT2D eigenvalue weighted by atomic mass is 32.2. The topological polar surface area (TPSA) is 59.4 Å². The lowest BCUT2D eigenvalue weighted by atomic mass is 9.93. The third-order valence-electron chi connectivity index (χ3n) is 4.11. The second-order valence-corrected chi connectivity index (χ2v) is 8.86. The zero-order chi connectivity index (χ0) is 18.3. The van der Waals surface area contributed by atoms with Gasteiger partial charge >= 0.3 is 5.51 Å². The van der Waals surface area contributed by atoms with E-state index in [0.717, 1.165) is 6.07 Å². The van der Waals surface area contributed by atoms with Crippen LogP contribution in [0.15, 0.2) is 23.4 Å². The summed E-state index contributed by atoms with van der Waals surface area (Å²) in [6, 6.07) is 1.89. The summed E-state index contributed by atoms with van der Waals surface area (Å²) in [6.07, 6.45) is 2.18. The number of aromatic nitrogens is 1. The Balaban J connectivity index is 2.18. The van der Waals surface area contributed by atoms with Gasteiger partial charge in [0.25, 0.3) is 9.84 Å². The Morgan fingerprint density at radius 2 is 1.71 bits per heavy atom. The molecule has 0 spiro atoms. The van der Waals surface area contributed by atoms with Crippen molar-refractivity contribution < 1.29 is 26.4 Å². The number of carbonyl (C=O) groups is 1.